The lowest BCUT2D eigenvalue weighted by molar-refractivity contribution is 0.180. The van der Waals surface area contributed by atoms with Gasteiger partial charge in [-0.25, -0.2) is 4.98 Å². The molecule has 0 aliphatic carbocycles. The molecule has 4 heteroatoms. The van der Waals surface area contributed by atoms with Crippen molar-refractivity contribution >= 4 is 22.7 Å². The Bertz CT molecular complexity index is 521. The van der Waals surface area contributed by atoms with Crippen LogP contribution in [-0.2, 0) is 6.54 Å². The van der Waals surface area contributed by atoms with Gasteiger partial charge < -0.3 is 9.67 Å². The van der Waals surface area contributed by atoms with Crippen LogP contribution in [0.4, 0.5) is 0 Å². The molecule has 0 saturated carbocycles. The van der Waals surface area contributed by atoms with E-state index >= 15 is 0 Å². The number of fused-ring (bicyclic) bond motifs is 3. The first-order valence-corrected chi connectivity index (χ1v) is 6.24. The Hall–Kier alpha value is -1.00. The molecule has 0 bridgehead atoms. The van der Waals surface area contributed by atoms with Gasteiger partial charge in [-0.3, -0.25) is 0 Å². The summed E-state index contributed by atoms with van der Waals surface area (Å²) >= 11 is 1.65. The molecule has 3 heterocycles. The minimum Gasteiger partial charge on any atom is -0.387 e. The molecule has 78 valence electrons. The van der Waals surface area contributed by atoms with E-state index in [2.05, 4.69) is 15.6 Å². The fraction of sp³-hybridized carbons (Fsp3) is 0.364. The van der Waals surface area contributed by atoms with Crippen molar-refractivity contribution in [2.75, 3.05) is 6.26 Å². The zero-order valence-electron chi connectivity index (χ0n) is 8.47. The van der Waals surface area contributed by atoms with Crippen LogP contribution < -0.4 is 0 Å². The predicted molar refractivity (Wildman–Crippen MR) is 61.1 cm³/mol. The number of aromatic nitrogens is 2. The Morgan fingerprint density at radius 1 is 1.60 bits per heavy atom. The van der Waals surface area contributed by atoms with E-state index in [0.29, 0.717) is 0 Å². The van der Waals surface area contributed by atoms with Crippen LogP contribution >= 0.6 is 11.8 Å². The molecule has 3 nitrogen and oxygen atoms in total. The average Bonchev–Trinajstić information content (AvgIpc) is 2.79. The average molecular weight is 220 g/mol. The fourth-order valence-electron chi connectivity index (χ4n) is 2.27. The van der Waals surface area contributed by atoms with Crippen LogP contribution in [0, 0.1) is 0 Å². The van der Waals surface area contributed by atoms with E-state index in [-0.39, 0.29) is 6.10 Å². The van der Waals surface area contributed by atoms with Crippen molar-refractivity contribution < 1.29 is 5.11 Å². The van der Waals surface area contributed by atoms with Crippen molar-refractivity contribution in [2.24, 2.45) is 0 Å². The molecule has 0 radical (unpaired) electrons. The Morgan fingerprint density at radius 2 is 2.47 bits per heavy atom. The lowest BCUT2D eigenvalue weighted by atomic mass is 10.2. The Morgan fingerprint density at radius 3 is 3.27 bits per heavy atom. The first kappa shape index (κ1) is 9.24. The lowest BCUT2D eigenvalue weighted by Crippen LogP contribution is -1.91. The highest BCUT2D eigenvalue weighted by Crippen LogP contribution is 2.35. The molecule has 0 spiro atoms. The van der Waals surface area contributed by atoms with Gasteiger partial charge in [-0.15, -0.1) is 11.8 Å². The van der Waals surface area contributed by atoms with Gasteiger partial charge in [0.05, 0.1) is 11.6 Å². The van der Waals surface area contributed by atoms with Crippen LogP contribution in [-0.4, -0.2) is 20.9 Å². The second-order valence-electron chi connectivity index (χ2n) is 3.78. The van der Waals surface area contributed by atoms with E-state index < -0.39 is 0 Å². The fourth-order valence-corrected chi connectivity index (χ4v) is 2.82. The lowest BCUT2D eigenvalue weighted by Gasteiger charge is -2.01. The van der Waals surface area contributed by atoms with Crippen LogP contribution in [0.25, 0.3) is 10.9 Å². The summed E-state index contributed by atoms with van der Waals surface area (Å²) in [5.41, 5.74) is 2.23. The van der Waals surface area contributed by atoms with Gasteiger partial charge >= 0.3 is 0 Å². The van der Waals surface area contributed by atoms with Crippen molar-refractivity contribution in [2.45, 2.75) is 24.1 Å². The number of rotatable bonds is 1. The number of thioether (sulfide) groups is 1. The van der Waals surface area contributed by atoms with Gasteiger partial charge in [-0.2, -0.15) is 0 Å². The highest BCUT2D eigenvalue weighted by Gasteiger charge is 2.23. The predicted octanol–water partition coefficient (Wildman–Crippen LogP) is 2.20. The molecule has 2 aromatic rings. The smallest absolute Gasteiger partial charge is 0.105 e. The molecule has 0 saturated heterocycles. The molecule has 1 unspecified atom stereocenters. The molecule has 1 aliphatic heterocycles. The molecule has 0 fully saturated rings. The number of hydrogen-bond donors (Lipinski definition) is 1. The summed E-state index contributed by atoms with van der Waals surface area (Å²) in [5, 5.41) is 12.0. The number of aryl methyl sites for hydroxylation is 1. The van der Waals surface area contributed by atoms with Crippen LogP contribution in [0.2, 0.25) is 0 Å². The van der Waals surface area contributed by atoms with Crippen molar-refractivity contribution in [3.8, 4) is 0 Å². The monoisotopic (exact) mass is 220 g/mol. The molecule has 0 aromatic carbocycles. The zero-order valence-corrected chi connectivity index (χ0v) is 9.29. The van der Waals surface area contributed by atoms with Crippen molar-refractivity contribution in [3.05, 3.63) is 24.0 Å². The van der Waals surface area contributed by atoms with Gasteiger partial charge in [0.25, 0.3) is 0 Å². The summed E-state index contributed by atoms with van der Waals surface area (Å²) in [6.45, 7) is 0.915. The quantitative estimate of drug-likeness (QED) is 0.749. The van der Waals surface area contributed by atoms with Crippen molar-refractivity contribution in [3.63, 3.8) is 0 Å². The van der Waals surface area contributed by atoms with E-state index in [9.17, 15) is 5.11 Å². The maximum absolute atomic E-state index is 9.80. The largest absolute Gasteiger partial charge is 0.387 e. The third kappa shape index (κ3) is 1.21. The number of aliphatic hydroxyl groups excluding tert-OH is 1. The van der Waals surface area contributed by atoms with Gasteiger partial charge in [0, 0.05) is 23.8 Å². The van der Waals surface area contributed by atoms with Crippen LogP contribution in [0.1, 0.15) is 18.2 Å². The maximum atomic E-state index is 9.80. The molecular formula is C11H12N2OS. The SMILES string of the molecule is CSc1nccc2c1cc1n2CCC1O. The zero-order chi connectivity index (χ0) is 10.4. The van der Waals surface area contributed by atoms with Gasteiger partial charge in [-0.05, 0) is 24.8 Å². The minimum absolute atomic E-state index is 0.299. The minimum atomic E-state index is -0.299. The summed E-state index contributed by atoms with van der Waals surface area (Å²) in [6.07, 6.45) is 4.40. The van der Waals surface area contributed by atoms with E-state index in [4.69, 9.17) is 0 Å². The topological polar surface area (TPSA) is 38.0 Å². The molecule has 1 atom stereocenters. The van der Waals surface area contributed by atoms with E-state index in [1.165, 1.54) is 10.9 Å². The third-order valence-electron chi connectivity index (χ3n) is 2.99. The molecule has 1 aliphatic rings. The normalized spacial score (nSPS) is 19.7. The highest BCUT2D eigenvalue weighted by atomic mass is 32.2. The third-order valence-corrected chi connectivity index (χ3v) is 3.70. The summed E-state index contributed by atoms with van der Waals surface area (Å²) < 4.78 is 2.20. The molecule has 15 heavy (non-hydrogen) atoms. The molecule has 0 amide bonds. The van der Waals surface area contributed by atoms with Gasteiger partial charge in [0.15, 0.2) is 0 Å². The second-order valence-corrected chi connectivity index (χ2v) is 4.57. The van der Waals surface area contributed by atoms with Crippen LogP contribution in [0.15, 0.2) is 23.4 Å². The molecule has 3 rings (SSSR count). The van der Waals surface area contributed by atoms with Crippen LogP contribution in [0.3, 0.4) is 0 Å². The first-order valence-electron chi connectivity index (χ1n) is 5.01. The van der Waals surface area contributed by atoms with Gasteiger partial charge in [-0.1, -0.05) is 0 Å². The van der Waals surface area contributed by atoms with E-state index in [1.807, 2.05) is 18.5 Å². The molecule has 2 aromatic heterocycles. The summed E-state index contributed by atoms with van der Waals surface area (Å²) in [6, 6.07) is 4.10. The standard InChI is InChI=1S/C11H12N2OS/c1-15-11-7-6-9-10(14)3-5-13(9)8(7)2-4-12-11/h2,4,6,10,14H,3,5H2,1H3. The number of pyridine rings is 1. The van der Waals surface area contributed by atoms with E-state index in [0.717, 1.165) is 23.7 Å². The number of nitrogens with zero attached hydrogens (tertiary/aromatic N) is 2. The summed E-state index contributed by atoms with van der Waals surface area (Å²) in [5.74, 6) is 0. The molecular weight excluding hydrogens is 208 g/mol. The Labute approximate surface area is 92.1 Å². The second kappa shape index (κ2) is 3.25. The number of aliphatic hydroxyl groups is 1. The summed E-state index contributed by atoms with van der Waals surface area (Å²) in [4.78, 5) is 4.33. The maximum Gasteiger partial charge on any atom is 0.105 e. The number of hydrogen-bond acceptors (Lipinski definition) is 3. The van der Waals surface area contributed by atoms with Crippen LogP contribution in [0.5, 0.6) is 0 Å². The first-order chi connectivity index (χ1) is 7.31. The van der Waals surface area contributed by atoms with Gasteiger partial charge in [0.2, 0.25) is 0 Å². The van der Waals surface area contributed by atoms with Gasteiger partial charge in [0.1, 0.15) is 5.03 Å². The highest BCUT2D eigenvalue weighted by molar-refractivity contribution is 7.98. The Kier molecular flexibility index (Phi) is 2.00. The Balaban J connectivity index is 2.33. The molecule has 1 N–H and O–H groups in total. The van der Waals surface area contributed by atoms with E-state index in [1.54, 1.807) is 11.8 Å². The van der Waals surface area contributed by atoms with Crippen molar-refractivity contribution in [1.82, 2.24) is 9.55 Å². The summed E-state index contributed by atoms with van der Waals surface area (Å²) in [7, 11) is 0. The van der Waals surface area contributed by atoms with Crippen molar-refractivity contribution in [1.29, 1.82) is 0 Å².